The van der Waals surface area contributed by atoms with Crippen LogP contribution in [-0.4, -0.2) is 31.9 Å². The van der Waals surface area contributed by atoms with Crippen LogP contribution in [0.5, 0.6) is 0 Å². The maximum absolute atomic E-state index is 10.8. The zero-order chi connectivity index (χ0) is 14.7. The van der Waals surface area contributed by atoms with Gasteiger partial charge in [-0.2, -0.15) is 0 Å². The van der Waals surface area contributed by atoms with Crippen molar-refractivity contribution in [3.63, 3.8) is 0 Å². The molecule has 1 aliphatic heterocycles. The van der Waals surface area contributed by atoms with E-state index in [0.29, 0.717) is 5.92 Å². The average Bonchev–Trinajstić information content (AvgIpc) is 2.56. The Kier molecular flexibility index (Phi) is 4.38. The van der Waals surface area contributed by atoms with Crippen LogP contribution in [0.3, 0.4) is 0 Å². The molecule has 1 aromatic heterocycles. The molecule has 110 valence electrons. The predicted molar refractivity (Wildman–Crippen MR) is 77.4 cm³/mol. The summed E-state index contributed by atoms with van der Waals surface area (Å²) in [6.07, 6.45) is 5.51. The molecule has 21 heavy (non-hydrogen) atoms. The monoisotopic (exact) mass is 303 g/mol. The lowest BCUT2D eigenvalue weighted by Crippen LogP contribution is -2.16. The van der Waals surface area contributed by atoms with Crippen LogP contribution in [0.1, 0.15) is 24.6 Å². The van der Waals surface area contributed by atoms with Crippen LogP contribution in [0.2, 0.25) is 0 Å². The van der Waals surface area contributed by atoms with Crippen LogP contribution in [0, 0.1) is 0 Å². The van der Waals surface area contributed by atoms with Gasteiger partial charge in [-0.1, -0.05) is 12.1 Å². The van der Waals surface area contributed by atoms with Gasteiger partial charge in [0.25, 0.3) is 0 Å². The molecular weight excluding hydrogens is 288 g/mol. The van der Waals surface area contributed by atoms with Crippen molar-refractivity contribution in [3.8, 4) is 11.1 Å². The third-order valence-electron chi connectivity index (χ3n) is 3.64. The molecule has 2 heterocycles. The van der Waals surface area contributed by atoms with Crippen molar-refractivity contribution in [3.05, 3.63) is 42.5 Å². The molecule has 0 aliphatic carbocycles. The lowest BCUT2D eigenvalue weighted by atomic mass is 9.99. The Morgan fingerprint density at radius 3 is 2.24 bits per heavy atom. The van der Waals surface area contributed by atoms with E-state index in [1.165, 1.54) is 0 Å². The molecule has 0 radical (unpaired) electrons. The van der Waals surface area contributed by atoms with Crippen molar-refractivity contribution in [2.75, 3.05) is 13.2 Å². The second-order valence-corrected chi connectivity index (χ2v) is 5.92. The average molecular weight is 303 g/mol. The van der Waals surface area contributed by atoms with Gasteiger partial charge in [-0.3, -0.25) is 4.21 Å². The van der Waals surface area contributed by atoms with E-state index in [0.717, 1.165) is 43.0 Å². The standard InChI is InChI=1S/C15H16N2O3S/c18-21(19)14-3-1-11(2-4-14)13-9-16-15(17-10-13)12-5-7-20-8-6-12/h1-4,9-10,12H,5-8H2,(H,18,19)/p-1. The number of rotatable bonds is 3. The normalized spacial score (nSPS) is 17.6. The largest absolute Gasteiger partial charge is 0.768 e. The Balaban J connectivity index is 1.78. The van der Waals surface area contributed by atoms with Gasteiger partial charge in [0.2, 0.25) is 0 Å². The fourth-order valence-corrected chi connectivity index (χ4v) is 2.77. The van der Waals surface area contributed by atoms with Crippen LogP contribution in [0.15, 0.2) is 41.6 Å². The molecule has 1 fully saturated rings. The summed E-state index contributed by atoms with van der Waals surface area (Å²) in [5, 5.41) is 0. The van der Waals surface area contributed by atoms with Gasteiger partial charge in [0.15, 0.2) is 0 Å². The molecule has 3 rings (SSSR count). The SMILES string of the molecule is O=S([O-])c1ccc(-c2cnc(C3CCOCC3)nc2)cc1. The second-order valence-electron chi connectivity index (χ2n) is 4.98. The zero-order valence-electron chi connectivity index (χ0n) is 11.4. The minimum atomic E-state index is -2.19. The summed E-state index contributed by atoms with van der Waals surface area (Å²) in [5.41, 5.74) is 1.79. The summed E-state index contributed by atoms with van der Waals surface area (Å²) >= 11 is -2.19. The Morgan fingerprint density at radius 2 is 1.67 bits per heavy atom. The summed E-state index contributed by atoms with van der Waals surface area (Å²) in [6, 6.07) is 6.67. The van der Waals surface area contributed by atoms with Gasteiger partial charge >= 0.3 is 0 Å². The van der Waals surface area contributed by atoms with E-state index in [4.69, 9.17) is 4.74 Å². The minimum absolute atomic E-state index is 0.276. The maximum atomic E-state index is 10.8. The molecule has 1 aromatic carbocycles. The van der Waals surface area contributed by atoms with Crippen LogP contribution in [0.4, 0.5) is 0 Å². The summed E-state index contributed by atoms with van der Waals surface area (Å²) in [4.78, 5) is 9.17. The molecule has 0 N–H and O–H groups in total. The lowest BCUT2D eigenvalue weighted by molar-refractivity contribution is 0.0836. The van der Waals surface area contributed by atoms with Gasteiger partial charge in [0.05, 0.1) is 0 Å². The molecule has 1 unspecified atom stereocenters. The molecular formula is C15H15N2O3S-. The highest BCUT2D eigenvalue weighted by Crippen LogP contribution is 2.25. The van der Waals surface area contributed by atoms with E-state index in [1.54, 1.807) is 36.7 Å². The van der Waals surface area contributed by atoms with Crippen LogP contribution >= 0.6 is 0 Å². The minimum Gasteiger partial charge on any atom is -0.768 e. The highest BCUT2D eigenvalue weighted by Gasteiger charge is 2.18. The van der Waals surface area contributed by atoms with Crippen LogP contribution in [-0.2, 0) is 15.8 Å². The smallest absolute Gasteiger partial charge is 0.131 e. The second kappa shape index (κ2) is 6.43. The van der Waals surface area contributed by atoms with Gasteiger partial charge < -0.3 is 9.29 Å². The molecule has 0 saturated carbocycles. The molecule has 5 nitrogen and oxygen atoms in total. The summed E-state index contributed by atoms with van der Waals surface area (Å²) < 4.78 is 27.0. The Labute approximate surface area is 125 Å². The Hall–Kier alpha value is -1.63. The number of nitrogens with zero attached hydrogens (tertiary/aromatic N) is 2. The summed E-state index contributed by atoms with van der Waals surface area (Å²) in [7, 11) is 0. The first-order valence-corrected chi connectivity index (χ1v) is 7.91. The van der Waals surface area contributed by atoms with Crippen molar-refractivity contribution >= 4 is 11.1 Å². The number of hydrogen-bond acceptors (Lipinski definition) is 5. The zero-order valence-corrected chi connectivity index (χ0v) is 12.2. The molecule has 0 amide bonds. The van der Waals surface area contributed by atoms with Crippen LogP contribution in [0.25, 0.3) is 11.1 Å². The van der Waals surface area contributed by atoms with Crippen LogP contribution < -0.4 is 0 Å². The first-order valence-electron chi connectivity index (χ1n) is 6.83. The third kappa shape index (κ3) is 3.34. The van der Waals surface area contributed by atoms with Gasteiger partial charge in [-0.25, -0.2) is 9.97 Å². The maximum Gasteiger partial charge on any atom is 0.131 e. The van der Waals surface area contributed by atoms with Crippen molar-refractivity contribution in [1.82, 2.24) is 9.97 Å². The molecule has 1 saturated heterocycles. The first kappa shape index (κ1) is 14.3. The van der Waals surface area contributed by atoms with Gasteiger partial charge in [0, 0.05) is 42.0 Å². The highest BCUT2D eigenvalue weighted by molar-refractivity contribution is 7.79. The van der Waals surface area contributed by atoms with Gasteiger partial charge in [-0.05, 0) is 41.6 Å². The highest BCUT2D eigenvalue weighted by atomic mass is 32.2. The topological polar surface area (TPSA) is 75.1 Å². The Bertz CT molecular complexity index is 622. The van der Waals surface area contributed by atoms with E-state index in [9.17, 15) is 8.76 Å². The van der Waals surface area contributed by atoms with E-state index in [-0.39, 0.29) is 4.90 Å². The van der Waals surface area contributed by atoms with Crippen molar-refractivity contribution in [2.24, 2.45) is 0 Å². The predicted octanol–water partition coefficient (Wildman–Crippen LogP) is 2.28. The van der Waals surface area contributed by atoms with Gasteiger partial charge in [0.1, 0.15) is 5.82 Å². The summed E-state index contributed by atoms with van der Waals surface area (Å²) in [6.45, 7) is 1.53. The quantitative estimate of drug-likeness (QED) is 0.813. The third-order valence-corrected chi connectivity index (χ3v) is 4.30. The van der Waals surface area contributed by atoms with Crippen molar-refractivity contribution in [2.45, 2.75) is 23.7 Å². The van der Waals surface area contributed by atoms with Crippen molar-refractivity contribution in [1.29, 1.82) is 0 Å². The molecule has 1 aliphatic rings. The molecule has 2 aromatic rings. The van der Waals surface area contributed by atoms with Crippen molar-refractivity contribution < 1.29 is 13.5 Å². The van der Waals surface area contributed by atoms with E-state index in [1.807, 2.05) is 0 Å². The number of ether oxygens (including phenoxy) is 1. The van der Waals surface area contributed by atoms with E-state index < -0.39 is 11.1 Å². The molecule has 1 atom stereocenters. The molecule has 0 bridgehead atoms. The summed E-state index contributed by atoms with van der Waals surface area (Å²) in [5.74, 6) is 1.23. The van der Waals surface area contributed by atoms with Gasteiger partial charge in [-0.15, -0.1) is 0 Å². The Morgan fingerprint density at radius 1 is 1.05 bits per heavy atom. The molecule has 0 spiro atoms. The number of aromatic nitrogens is 2. The van der Waals surface area contributed by atoms with E-state index >= 15 is 0 Å². The fraction of sp³-hybridized carbons (Fsp3) is 0.333. The molecule has 6 heteroatoms. The first-order chi connectivity index (χ1) is 10.2. The lowest BCUT2D eigenvalue weighted by Gasteiger charge is -2.20. The van der Waals surface area contributed by atoms with E-state index in [2.05, 4.69) is 9.97 Å². The fourth-order valence-electron chi connectivity index (χ4n) is 2.41. The number of benzene rings is 1. The number of hydrogen-bond donors (Lipinski definition) is 0.